The predicted molar refractivity (Wildman–Crippen MR) is 157 cm³/mol. The van der Waals surface area contributed by atoms with Gasteiger partial charge in [-0.2, -0.15) is 4.98 Å². The molecule has 2 saturated heterocycles. The molecule has 6 rings (SSSR count). The first-order valence-electron chi connectivity index (χ1n) is 13.7. The van der Waals surface area contributed by atoms with Gasteiger partial charge in [0, 0.05) is 20.2 Å². The number of nitrogens with zero attached hydrogens (tertiary/aromatic N) is 3. The molecule has 0 aliphatic carbocycles. The molecule has 2 fully saturated rings. The maximum atomic E-state index is 10.1. The molecule has 8 nitrogen and oxygen atoms in total. The molecule has 4 unspecified atom stereocenters. The van der Waals surface area contributed by atoms with Gasteiger partial charge in [-0.15, -0.1) is 0 Å². The fourth-order valence-corrected chi connectivity index (χ4v) is 6.10. The fourth-order valence-electron chi connectivity index (χ4n) is 5.09. The van der Waals surface area contributed by atoms with Crippen molar-refractivity contribution < 1.29 is 24.1 Å². The lowest BCUT2D eigenvalue weighted by molar-refractivity contribution is 0.00339. The minimum absolute atomic E-state index is 0.231. The van der Waals surface area contributed by atoms with Crippen LogP contribution < -0.4 is 4.74 Å². The van der Waals surface area contributed by atoms with E-state index in [9.17, 15) is 5.11 Å². The van der Waals surface area contributed by atoms with Crippen molar-refractivity contribution in [3.05, 3.63) is 65.7 Å². The lowest BCUT2D eigenvalue weighted by atomic mass is 10.0. The quantitative estimate of drug-likeness (QED) is 0.203. The summed E-state index contributed by atoms with van der Waals surface area (Å²) in [6, 6.07) is 21.7. The van der Waals surface area contributed by atoms with E-state index in [4.69, 9.17) is 40.5 Å². The van der Waals surface area contributed by atoms with Crippen LogP contribution in [0.5, 0.6) is 6.01 Å². The van der Waals surface area contributed by atoms with Crippen LogP contribution in [0.1, 0.15) is 0 Å². The molecule has 210 valence electrons. The van der Waals surface area contributed by atoms with Crippen LogP contribution in [-0.4, -0.2) is 72.0 Å². The van der Waals surface area contributed by atoms with E-state index in [1.54, 1.807) is 0 Å². The number of hydrogen-bond donors (Lipinski definition) is 1. The van der Waals surface area contributed by atoms with Crippen LogP contribution >= 0.6 is 11.6 Å². The van der Waals surface area contributed by atoms with E-state index in [2.05, 4.69) is 43.9 Å². The molecule has 2 aromatic carbocycles. The second-order valence-electron chi connectivity index (χ2n) is 11.6. The molecule has 0 bridgehead atoms. The highest BCUT2D eigenvalue weighted by Crippen LogP contribution is 2.34. The molecular weight excluding hydrogens is 546 g/mol. The third kappa shape index (κ3) is 5.67. The zero-order chi connectivity index (χ0) is 27.9. The van der Waals surface area contributed by atoms with E-state index in [1.165, 1.54) is 0 Å². The Labute approximate surface area is 239 Å². The average Bonchev–Trinajstić information content (AvgIpc) is 3.61. The van der Waals surface area contributed by atoms with E-state index >= 15 is 0 Å². The van der Waals surface area contributed by atoms with Gasteiger partial charge in [-0.1, -0.05) is 85.8 Å². The van der Waals surface area contributed by atoms with Crippen LogP contribution in [0.2, 0.25) is 30.7 Å². The van der Waals surface area contributed by atoms with Crippen molar-refractivity contribution in [3.8, 4) is 28.4 Å². The highest BCUT2D eigenvalue weighted by molar-refractivity contribution is 6.76. The van der Waals surface area contributed by atoms with Gasteiger partial charge in [0.2, 0.25) is 0 Å². The molecule has 10 heteroatoms. The lowest BCUT2D eigenvalue weighted by Crippen LogP contribution is -2.35. The Morgan fingerprint density at radius 2 is 1.65 bits per heavy atom. The van der Waals surface area contributed by atoms with Gasteiger partial charge in [0.15, 0.2) is 11.8 Å². The Kier molecular flexibility index (Phi) is 7.69. The number of halogens is 1. The number of hydrogen-bond acceptors (Lipinski definition) is 7. The zero-order valence-corrected chi connectivity index (χ0v) is 24.7. The van der Waals surface area contributed by atoms with Gasteiger partial charge in [-0.3, -0.25) is 4.57 Å². The van der Waals surface area contributed by atoms with Gasteiger partial charge >= 0.3 is 6.01 Å². The summed E-state index contributed by atoms with van der Waals surface area (Å²) in [4.78, 5) is 9.61. The Morgan fingerprint density at radius 3 is 2.40 bits per heavy atom. The number of aliphatic hydroxyl groups excluding tert-OH is 1. The third-order valence-corrected chi connectivity index (χ3v) is 9.37. The molecule has 40 heavy (non-hydrogen) atoms. The summed E-state index contributed by atoms with van der Waals surface area (Å²) in [5.74, 6) is 0. The average molecular weight is 580 g/mol. The first-order valence-corrected chi connectivity index (χ1v) is 17.7. The molecule has 4 heterocycles. The van der Waals surface area contributed by atoms with Crippen LogP contribution in [0.4, 0.5) is 0 Å². The van der Waals surface area contributed by atoms with Crippen molar-refractivity contribution in [3.63, 3.8) is 0 Å². The number of imidazole rings is 1. The zero-order valence-electron chi connectivity index (χ0n) is 22.9. The molecule has 4 atom stereocenters. The highest BCUT2D eigenvalue weighted by Gasteiger charge is 2.49. The summed E-state index contributed by atoms with van der Waals surface area (Å²) in [5, 5.41) is 10.7. The second kappa shape index (κ2) is 11.2. The first-order chi connectivity index (χ1) is 19.3. The largest absolute Gasteiger partial charge is 0.456 e. The number of rotatable bonds is 9. The molecule has 0 saturated carbocycles. The summed E-state index contributed by atoms with van der Waals surface area (Å²) >= 11 is 6.81. The van der Waals surface area contributed by atoms with Gasteiger partial charge in [-0.25, -0.2) is 4.98 Å². The van der Waals surface area contributed by atoms with Gasteiger partial charge < -0.3 is 24.1 Å². The Hall–Kier alpha value is -2.79. The number of aromatic nitrogens is 3. The Balaban J connectivity index is 1.30. The molecule has 4 aromatic rings. The van der Waals surface area contributed by atoms with E-state index < -0.39 is 26.4 Å². The van der Waals surface area contributed by atoms with Crippen molar-refractivity contribution in [1.29, 1.82) is 0 Å². The van der Waals surface area contributed by atoms with Crippen LogP contribution in [0.25, 0.3) is 33.5 Å². The topological polar surface area (TPSA) is 87.9 Å². The van der Waals surface area contributed by atoms with Crippen molar-refractivity contribution in [2.24, 2.45) is 0 Å². The highest BCUT2D eigenvalue weighted by atomic mass is 35.5. The molecular formula is C30H34ClN3O5Si. The van der Waals surface area contributed by atoms with Gasteiger partial charge in [0.25, 0.3) is 0 Å². The van der Waals surface area contributed by atoms with Crippen LogP contribution in [0, 0.1) is 0 Å². The molecule has 1 N–H and O–H groups in total. The van der Waals surface area contributed by atoms with E-state index in [1.807, 2.05) is 41.0 Å². The van der Waals surface area contributed by atoms with Crippen molar-refractivity contribution in [2.45, 2.75) is 56.8 Å². The van der Waals surface area contributed by atoms with E-state index in [-0.39, 0.29) is 19.4 Å². The maximum absolute atomic E-state index is 10.1. The number of fused-ring (bicyclic) bond motifs is 2. The Bertz CT molecular complexity index is 1470. The number of aliphatic hydroxyl groups is 1. The second-order valence-corrected chi connectivity index (χ2v) is 17.6. The summed E-state index contributed by atoms with van der Waals surface area (Å²) in [7, 11) is -1.25. The lowest BCUT2D eigenvalue weighted by Gasteiger charge is -2.19. The smallest absolute Gasteiger partial charge is 0.301 e. The standard InChI is InChI=1S/C30H34ClN3O5Si/c1-40(2,3)14-13-36-18-34-23-15-22(31)26(21-11-9-20(10-12-21)19-7-5-4-6-8-19)32-29(23)33-30(34)39-25-17-38-27-24(35)16-37-28(25)27/h4-12,15,24-25,27-28,35H,13-14,16-18H2,1-3H3. The third-order valence-electron chi connectivity index (χ3n) is 7.38. The SMILES string of the molecule is C[Si](C)(C)CCOCn1c(OC2COC3C(O)COC23)nc2nc(-c3ccc(-c4ccccc4)cc3)c(Cl)cc21. The first kappa shape index (κ1) is 27.4. The summed E-state index contributed by atoms with van der Waals surface area (Å²) in [6.45, 7) is 8.40. The summed E-state index contributed by atoms with van der Waals surface area (Å²) in [5.41, 5.74) is 5.05. The van der Waals surface area contributed by atoms with Crippen LogP contribution in [0.15, 0.2) is 60.7 Å². The number of benzene rings is 2. The van der Waals surface area contributed by atoms with Crippen LogP contribution in [-0.2, 0) is 20.9 Å². The monoisotopic (exact) mass is 579 g/mol. The Morgan fingerprint density at radius 1 is 0.950 bits per heavy atom. The molecule has 2 aromatic heterocycles. The minimum Gasteiger partial charge on any atom is -0.456 e. The van der Waals surface area contributed by atoms with Crippen LogP contribution in [0.3, 0.4) is 0 Å². The van der Waals surface area contributed by atoms with Crippen molar-refractivity contribution >= 4 is 30.8 Å². The fraction of sp³-hybridized carbons (Fsp3) is 0.400. The van der Waals surface area contributed by atoms with E-state index in [0.717, 1.165) is 28.3 Å². The molecule has 0 spiro atoms. The molecule has 0 radical (unpaired) electrons. The molecule has 2 aliphatic heterocycles. The predicted octanol–water partition coefficient (Wildman–Crippen LogP) is 5.64. The number of pyridine rings is 1. The summed E-state index contributed by atoms with van der Waals surface area (Å²) < 4.78 is 25.8. The normalized spacial score (nSPS) is 22.6. The minimum atomic E-state index is -1.25. The van der Waals surface area contributed by atoms with Crippen molar-refractivity contribution in [2.75, 3.05) is 19.8 Å². The van der Waals surface area contributed by atoms with Gasteiger partial charge in [0.1, 0.15) is 25.0 Å². The summed E-state index contributed by atoms with van der Waals surface area (Å²) in [6.07, 6.45) is -1.81. The van der Waals surface area contributed by atoms with Gasteiger partial charge in [0.05, 0.1) is 29.4 Å². The van der Waals surface area contributed by atoms with E-state index in [0.29, 0.717) is 35.6 Å². The molecule has 0 amide bonds. The van der Waals surface area contributed by atoms with Gasteiger partial charge in [-0.05, 0) is 23.2 Å². The number of ether oxygens (including phenoxy) is 4. The molecule has 2 aliphatic rings. The maximum Gasteiger partial charge on any atom is 0.301 e. The van der Waals surface area contributed by atoms with Crippen molar-refractivity contribution in [1.82, 2.24) is 14.5 Å².